The predicted octanol–water partition coefficient (Wildman–Crippen LogP) is 14.5. The van der Waals surface area contributed by atoms with Crippen molar-refractivity contribution in [3.05, 3.63) is 182 Å². The summed E-state index contributed by atoms with van der Waals surface area (Å²) >= 11 is 0. The van der Waals surface area contributed by atoms with E-state index >= 15 is 0 Å². The van der Waals surface area contributed by atoms with E-state index in [1.54, 1.807) is 6.26 Å². The normalized spacial score (nSPS) is 11.8. The molecule has 0 aliphatic heterocycles. The van der Waals surface area contributed by atoms with Gasteiger partial charge in [0.15, 0.2) is 0 Å². The molecule has 52 heavy (non-hydrogen) atoms. The molecule has 2 heteroatoms. The van der Waals surface area contributed by atoms with Gasteiger partial charge in [0.2, 0.25) is 0 Å². The van der Waals surface area contributed by atoms with Crippen molar-refractivity contribution in [2.75, 3.05) is 0 Å². The van der Waals surface area contributed by atoms with Gasteiger partial charge in [0.05, 0.1) is 6.26 Å². The first-order valence-corrected chi connectivity index (χ1v) is 17.8. The Hall–Kier alpha value is -6.90. The van der Waals surface area contributed by atoms with Gasteiger partial charge >= 0.3 is 0 Å². The predicted molar refractivity (Wildman–Crippen MR) is 218 cm³/mol. The maximum atomic E-state index is 6.86. The molecule has 0 bridgehead atoms. The summed E-state index contributed by atoms with van der Waals surface area (Å²) in [4.78, 5) is 0. The standard InChI is InChI=1S/C50H30O2/c1-2-14-31(15-3-1)46-33-16-4-6-18-35(33)47(36-19-7-5-17-34(36)46)32-27-28-44-43(30-32)41-24-12-25-42(50(41)52-44)48-37-20-8-10-22-39(37)49(45-26-13-29-51-45)40-23-11-9-21-38(40)48/h1-30H. The molecule has 0 aliphatic carbocycles. The third kappa shape index (κ3) is 4.19. The fourth-order valence-electron chi connectivity index (χ4n) is 8.61. The van der Waals surface area contributed by atoms with Gasteiger partial charge in [0, 0.05) is 27.5 Å². The Kier molecular flexibility index (Phi) is 6.28. The van der Waals surface area contributed by atoms with E-state index in [1.807, 2.05) is 12.1 Å². The molecule has 0 aliphatic rings. The molecule has 0 saturated heterocycles. The van der Waals surface area contributed by atoms with Gasteiger partial charge < -0.3 is 8.83 Å². The molecule has 11 aromatic rings. The van der Waals surface area contributed by atoms with Crippen LogP contribution >= 0.6 is 0 Å². The molecule has 11 rings (SSSR count). The molecular weight excluding hydrogens is 633 g/mol. The minimum Gasteiger partial charge on any atom is -0.464 e. The number of rotatable bonds is 4. The second-order valence-corrected chi connectivity index (χ2v) is 13.5. The quantitative estimate of drug-likeness (QED) is 0.175. The number of hydrogen-bond donors (Lipinski definition) is 0. The minimum atomic E-state index is 0.866. The molecule has 0 atom stereocenters. The van der Waals surface area contributed by atoms with E-state index in [-0.39, 0.29) is 0 Å². The maximum absolute atomic E-state index is 6.86. The largest absolute Gasteiger partial charge is 0.464 e. The average molecular weight is 663 g/mol. The summed E-state index contributed by atoms with van der Waals surface area (Å²) in [5.41, 5.74) is 10.0. The molecule has 9 aromatic carbocycles. The Morgan fingerprint density at radius 2 is 0.808 bits per heavy atom. The summed E-state index contributed by atoms with van der Waals surface area (Å²) < 4.78 is 12.9. The van der Waals surface area contributed by atoms with Crippen molar-refractivity contribution >= 4 is 65.0 Å². The van der Waals surface area contributed by atoms with Gasteiger partial charge in [-0.15, -0.1) is 0 Å². The number of para-hydroxylation sites is 1. The van der Waals surface area contributed by atoms with E-state index in [2.05, 4.69) is 164 Å². The maximum Gasteiger partial charge on any atom is 0.143 e. The summed E-state index contributed by atoms with van der Waals surface area (Å²) in [7, 11) is 0. The van der Waals surface area contributed by atoms with Gasteiger partial charge in [-0.1, -0.05) is 152 Å². The highest BCUT2D eigenvalue weighted by Gasteiger charge is 2.22. The fourth-order valence-corrected chi connectivity index (χ4v) is 8.61. The van der Waals surface area contributed by atoms with Crippen LogP contribution in [0.1, 0.15) is 0 Å². The van der Waals surface area contributed by atoms with Crippen molar-refractivity contribution < 1.29 is 8.83 Å². The molecule has 0 saturated carbocycles. The third-order valence-electron chi connectivity index (χ3n) is 10.7. The van der Waals surface area contributed by atoms with Crippen molar-refractivity contribution in [1.82, 2.24) is 0 Å². The van der Waals surface area contributed by atoms with Crippen molar-refractivity contribution in [3.63, 3.8) is 0 Å². The topological polar surface area (TPSA) is 26.3 Å². The summed E-state index contributed by atoms with van der Waals surface area (Å²) in [5.74, 6) is 0.866. The second kappa shape index (κ2) is 11.3. The first-order valence-electron chi connectivity index (χ1n) is 17.8. The van der Waals surface area contributed by atoms with Crippen LogP contribution in [-0.2, 0) is 0 Å². The van der Waals surface area contributed by atoms with Crippen LogP contribution < -0.4 is 0 Å². The van der Waals surface area contributed by atoms with Crippen molar-refractivity contribution in [2.24, 2.45) is 0 Å². The first-order chi connectivity index (χ1) is 25.8. The smallest absolute Gasteiger partial charge is 0.143 e. The molecule has 0 amide bonds. The van der Waals surface area contributed by atoms with Crippen LogP contribution in [0.2, 0.25) is 0 Å². The number of hydrogen-bond acceptors (Lipinski definition) is 2. The highest BCUT2D eigenvalue weighted by molar-refractivity contribution is 6.25. The minimum absolute atomic E-state index is 0.866. The number of benzene rings is 9. The lowest BCUT2D eigenvalue weighted by Crippen LogP contribution is -1.90. The van der Waals surface area contributed by atoms with Gasteiger partial charge in [-0.3, -0.25) is 0 Å². The molecule has 2 nitrogen and oxygen atoms in total. The van der Waals surface area contributed by atoms with E-state index in [1.165, 1.54) is 49.4 Å². The van der Waals surface area contributed by atoms with E-state index in [4.69, 9.17) is 8.83 Å². The summed E-state index contributed by atoms with van der Waals surface area (Å²) in [5, 5.41) is 11.8. The van der Waals surface area contributed by atoms with E-state index in [0.717, 1.165) is 60.4 Å². The molecular formula is C50H30O2. The van der Waals surface area contributed by atoms with Gasteiger partial charge in [-0.25, -0.2) is 0 Å². The highest BCUT2D eigenvalue weighted by atomic mass is 16.3. The Labute approximate surface area is 299 Å². The van der Waals surface area contributed by atoms with E-state index in [0.29, 0.717) is 0 Å². The first kappa shape index (κ1) is 28.9. The molecule has 2 aromatic heterocycles. The highest BCUT2D eigenvalue weighted by Crippen LogP contribution is 2.48. The number of fused-ring (bicyclic) bond motifs is 7. The zero-order valence-corrected chi connectivity index (χ0v) is 28.1. The number of furan rings is 2. The summed E-state index contributed by atoms with van der Waals surface area (Å²) in [6, 6.07) is 63.0. The van der Waals surface area contributed by atoms with Gasteiger partial charge in [-0.2, -0.15) is 0 Å². The molecule has 0 N–H and O–H groups in total. The molecule has 2 heterocycles. The van der Waals surface area contributed by atoms with Gasteiger partial charge in [-0.05, 0) is 89.6 Å². The Balaban J connectivity index is 1.18. The average Bonchev–Trinajstić information content (AvgIpc) is 3.88. The van der Waals surface area contributed by atoms with Crippen LogP contribution in [-0.4, -0.2) is 0 Å². The zero-order valence-electron chi connectivity index (χ0n) is 28.1. The van der Waals surface area contributed by atoms with Crippen molar-refractivity contribution in [3.8, 4) is 44.7 Å². The summed E-state index contributed by atoms with van der Waals surface area (Å²) in [6.07, 6.45) is 1.75. The zero-order chi connectivity index (χ0) is 34.2. The van der Waals surface area contributed by atoms with Crippen LogP contribution in [0.3, 0.4) is 0 Å². The van der Waals surface area contributed by atoms with Crippen LogP contribution in [0.25, 0.3) is 110 Å². The van der Waals surface area contributed by atoms with Gasteiger partial charge in [0.25, 0.3) is 0 Å². The van der Waals surface area contributed by atoms with Crippen LogP contribution in [0.4, 0.5) is 0 Å². The summed E-state index contributed by atoms with van der Waals surface area (Å²) in [6.45, 7) is 0. The molecule has 0 radical (unpaired) electrons. The van der Waals surface area contributed by atoms with Crippen LogP contribution in [0.15, 0.2) is 191 Å². The molecule has 242 valence electrons. The fraction of sp³-hybridized carbons (Fsp3) is 0. The second-order valence-electron chi connectivity index (χ2n) is 13.5. The lowest BCUT2D eigenvalue weighted by atomic mass is 9.85. The molecule has 0 fully saturated rings. The Morgan fingerprint density at radius 3 is 1.37 bits per heavy atom. The Bertz CT molecular complexity index is 3050. The van der Waals surface area contributed by atoms with E-state index < -0.39 is 0 Å². The van der Waals surface area contributed by atoms with Crippen molar-refractivity contribution in [1.29, 1.82) is 0 Å². The lowest BCUT2D eigenvalue weighted by molar-refractivity contribution is 0.583. The lowest BCUT2D eigenvalue weighted by Gasteiger charge is -2.17. The van der Waals surface area contributed by atoms with Gasteiger partial charge in [0.1, 0.15) is 16.9 Å². The van der Waals surface area contributed by atoms with Crippen LogP contribution in [0, 0.1) is 0 Å². The van der Waals surface area contributed by atoms with E-state index in [9.17, 15) is 0 Å². The monoisotopic (exact) mass is 662 g/mol. The third-order valence-corrected chi connectivity index (χ3v) is 10.7. The molecule has 0 spiro atoms. The van der Waals surface area contributed by atoms with Crippen molar-refractivity contribution in [2.45, 2.75) is 0 Å². The molecule has 0 unspecified atom stereocenters. The SMILES string of the molecule is c1ccc(-c2c3ccccc3c(-c3ccc4oc5c(-c6c7ccccc7c(-c7ccco7)c7ccccc67)cccc5c4c3)c3ccccc23)cc1. The van der Waals surface area contributed by atoms with Crippen LogP contribution in [0.5, 0.6) is 0 Å². The Morgan fingerprint density at radius 1 is 0.308 bits per heavy atom.